The van der Waals surface area contributed by atoms with Crippen LogP contribution < -0.4 is 0 Å². The van der Waals surface area contributed by atoms with E-state index < -0.39 is 0 Å². The number of ketones is 1. The van der Waals surface area contributed by atoms with Crippen LogP contribution in [0.5, 0.6) is 0 Å². The van der Waals surface area contributed by atoms with Crippen molar-refractivity contribution in [3.05, 3.63) is 11.7 Å². The first-order chi connectivity index (χ1) is 7.69. The first-order valence-electron chi connectivity index (χ1n) is 6.01. The van der Waals surface area contributed by atoms with Crippen LogP contribution in [-0.2, 0) is 11.2 Å². The number of carbonyl (C=O) groups is 1. The number of carbonyl (C=O) groups excluding carboxylic acids is 1. The minimum Gasteiger partial charge on any atom is -0.339 e. The molecule has 0 amide bonds. The van der Waals surface area contributed by atoms with Gasteiger partial charge in [0.2, 0.25) is 5.89 Å². The number of hydrogen-bond acceptors (Lipinski definition) is 4. The van der Waals surface area contributed by atoms with E-state index in [1.54, 1.807) is 0 Å². The molecule has 1 aliphatic rings. The second-order valence-corrected chi connectivity index (χ2v) is 4.71. The van der Waals surface area contributed by atoms with E-state index in [1.165, 1.54) is 19.8 Å². The van der Waals surface area contributed by atoms with Gasteiger partial charge in [-0.2, -0.15) is 4.98 Å². The van der Waals surface area contributed by atoms with Crippen molar-refractivity contribution in [2.24, 2.45) is 5.92 Å². The van der Waals surface area contributed by atoms with Gasteiger partial charge in [0.1, 0.15) is 5.78 Å². The molecule has 0 radical (unpaired) electrons. The summed E-state index contributed by atoms with van der Waals surface area (Å²) in [5.41, 5.74) is 0. The molecule has 1 aromatic rings. The third kappa shape index (κ3) is 2.49. The number of aromatic nitrogens is 2. The zero-order valence-electron chi connectivity index (χ0n) is 9.90. The fourth-order valence-corrected chi connectivity index (χ4v) is 2.40. The Morgan fingerprint density at radius 1 is 1.50 bits per heavy atom. The smallest absolute Gasteiger partial charge is 0.234 e. The highest BCUT2D eigenvalue weighted by Gasteiger charge is 2.28. The summed E-state index contributed by atoms with van der Waals surface area (Å²) in [4.78, 5) is 15.2. The second kappa shape index (κ2) is 4.76. The number of Topliss-reactive ketones (excluding diaryl/α,β-unsaturated/α-hetero) is 1. The van der Waals surface area contributed by atoms with Gasteiger partial charge in [-0.1, -0.05) is 18.5 Å². The topological polar surface area (TPSA) is 56.0 Å². The van der Waals surface area contributed by atoms with Gasteiger partial charge < -0.3 is 4.52 Å². The highest BCUT2D eigenvalue weighted by molar-refractivity contribution is 5.77. The Bertz CT molecular complexity index is 373. The molecule has 88 valence electrons. The van der Waals surface area contributed by atoms with Gasteiger partial charge in [-0.15, -0.1) is 0 Å². The maximum Gasteiger partial charge on any atom is 0.234 e. The summed E-state index contributed by atoms with van der Waals surface area (Å²) in [6.07, 6.45) is 5.07. The van der Waals surface area contributed by atoms with Crippen molar-refractivity contribution in [1.82, 2.24) is 10.1 Å². The largest absolute Gasteiger partial charge is 0.339 e. The fraction of sp³-hybridized carbons (Fsp3) is 0.750. The summed E-state index contributed by atoms with van der Waals surface area (Å²) in [7, 11) is 0. The fourth-order valence-electron chi connectivity index (χ4n) is 2.40. The molecule has 1 heterocycles. The highest BCUT2D eigenvalue weighted by Crippen LogP contribution is 2.38. The van der Waals surface area contributed by atoms with E-state index in [4.69, 9.17) is 4.52 Å². The Labute approximate surface area is 95.4 Å². The summed E-state index contributed by atoms with van der Waals surface area (Å²) in [5, 5.41) is 3.98. The third-order valence-corrected chi connectivity index (χ3v) is 3.37. The molecule has 0 aliphatic heterocycles. The van der Waals surface area contributed by atoms with E-state index in [-0.39, 0.29) is 12.2 Å². The van der Waals surface area contributed by atoms with Crippen molar-refractivity contribution in [3.8, 4) is 0 Å². The zero-order valence-corrected chi connectivity index (χ0v) is 9.90. The van der Waals surface area contributed by atoms with Crippen LogP contribution in [0, 0.1) is 5.92 Å². The second-order valence-electron chi connectivity index (χ2n) is 4.71. The molecule has 2 rings (SSSR count). The molecule has 2 unspecified atom stereocenters. The SMILES string of the molecule is CCC1CCC(c2noc(CC(C)=O)n2)C1. The van der Waals surface area contributed by atoms with Gasteiger partial charge in [-0.25, -0.2) is 0 Å². The maximum atomic E-state index is 10.9. The molecule has 4 heteroatoms. The molecule has 2 atom stereocenters. The number of rotatable bonds is 4. The first-order valence-corrected chi connectivity index (χ1v) is 6.01. The lowest BCUT2D eigenvalue weighted by molar-refractivity contribution is -0.116. The van der Waals surface area contributed by atoms with Gasteiger partial charge in [0, 0.05) is 5.92 Å². The van der Waals surface area contributed by atoms with E-state index in [0.29, 0.717) is 11.8 Å². The highest BCUT2D eigenvalue weighted by atomic mass is 16.5. The monoisotopic (exact) mass is 222 g/mol. The Hall–Kier alpha value is -1.19. The van der Waals surface area contributed by atoms with Crippen LogP contribution in [0.15, 0.2) is 4.52 Å². The number of hydrogen-bond donors (Lipinski definition) is 0. The van der Waals surface area contributed by atoms with Gasteiger partial charge in [0.15, 0.2) is 5.82 Å². The summed E-state index contributed by atoms with van der Waals surface area (Å²) < 4.78 is 5.07. The minimum atomic E-state index is 0.0630. The molecule has 0 aromatic carbocycles. The molecule has 1 aromatic heterocycles. The van der Waals surface area contributed by atoms with Gasteiger partial charge >= 0.3 is 0 Å². The predicted molar refractivity (Wildman–Crippen MR) is 59.1 cm³/mol. The maximum absolute atomic E-state index is 10.9. The molecule has 0 N–H and O–H groups in total. The van der Waals surface area contributed by atoms with Crippen molar-refractivity contribution in [2.45, 2.75) is 51.9 Å². The van der Waals surface area contributed by atoms with E-state index in [0.717, 1.165) is 24.6 Å². The van der Waals surface area contributed by atoms with E-state index in [2.05, 4.69) is 17.1 Å². The Balaban J connectivity index is 1.99. The van der Waals surface area contributed by atoms with Crippen LogP contribution in [0.2, 0.25) is 0 Å². The third-order valence-electron chi connectivity index (χ3n) is 3.37. The molecule has 0 saturated heterocycles. The van der Waals surface area contributed by atoms with E-state index >= 15 is 0 Å². The van der Waals surface area contributed by atoms with Crippen LogP contribution in [0.1, 0.15) is 57.2 Å². The van der Waals surface area contributed by atoms with Gasteiger partial charge in [-0.3, -0.25) is 4.79 Å². The molecule has 1 fully saturated rings. The molecule has 4 nitrogen and oxygen atoms in total. The van der Waals surface area contributed by atoms with Crippen LogP contribution in [0.25, 0.3) is 0 Å². The van der Waals surface area contributed by atoms with E-state index in [9.17, 15) is 4.79 Å². The molecular formula is C12H18N2O2. The lowest BCUT2D eigenvalue weighted by atomic mass is 10.0. The van der Waals surface area contributed by atoms with Gasteiger partial charge in [0.05, 0.1) is 6.42 Å². The minimum absolute atomic E-state index is 0.0630. The summed E-state index contributed by atoms with van der Waals surface area (Å²) in [5.74, 6) is 2.57. The standard InChI is InChI=1S/C12H18N2O2/c1-3-9-4-5-10(7-9)12-13-11(16-14-12)6-8(2)15/h9-10H,3-7H2,1-2H3. The van der Waals surface area contributed by atoms with Crippen LogP contribution >= 0.6 is 0 Å². The van der Waals surface area contributed by atoms with Crippen LogP contribution in [0.4, 0.5) is 0 Å². The van der Waals surface area contributed by atoms with Crippen molar-refractivity contribution < 1.29 is 9.32 Å². The Morgan fingerprint density at radius 3 is 2.94 bits per heavy atom. The van der Waals surface area contributed by atoms with Gasteiger partial charge in [-0.05, 0) is 32.1 Å². The number of nitrogens with zero attached hydrogens (tertiary/aromatic N) is 2. The molecule has 0 spiro atoms. The first kappa shape index (κ1) is 11.3. The predicted octanol–water partition coefficient (Wildman–Crippen LogP) is 2.49. The Kier molecular flexibility index (Phi) is 3.36. The molecular weight excluding hydrogens is 204 g/mol. The van der Waals surface area contributed by atoms with E-state index in [1.807, 2.05) is 0 Å². The molecule has 1 saturated carbocycles. The van der Waals surface area contributed by atoms with Gasteiger partial charge in [0.25, 0.3) is 0 Å². The van der Waals surface area contributed by atoms with Crippen molar-refractivity contribution in [1.29, 1.82) is 0 Å². The lowest BCUT2D eigenvalue weighted by Crippen LogP contribution is -1.99. The van der Waals surface area contributed by atoms with Crippen molar-refractivity contribution >= 4 is 5.78 Å². The summed E-state index contributed by atoms with van der Waals surface area (Å²) in [6.45, 7) is 3.76. The van der Waals surface area contributed by atoms with Crippen molar-refractivity contribution in [2.75, 3.05) is 0 Å². The summed E-state index contributed by atoms with van der Waals surface area (Å²) >= 11 is 0. The van der Waals surface area contributed by atoms with Crippen LogP contribution in [0.3, 0.4) is 0 Å². The summed E-state index contributed by atoms with van der Waals surface area (Å²) in [6, 6.07) is 0. The average Bonchev–Trinajstić information content (AvgIpc) is 2.83. The average molecular weight is 222 g/mol. The molecule has 16 heavy (non-hydrogen) atoms. The van der Waals surface area contributed by atoms with Crippen LogP contribution in [-0.4, -0.2) is 15.9 Å². The Morgan fingerprint density at radius 2 is 2.31 bits per heavy atom. The lowest BCUT2D eigenvalue weighted by Gasteiger charge is -2.04. The molecule has 1 aliphatic carbocycles. The van der Waals surface area contributed by atoms with Crippen molar-refractivity contribution in [3.63, 3.8) is 0 Å². The molecule has 0 bridgehead atoms. The normalized spacial score (nSPS) is 24.9. The quantitative estimate of drug-likeness (QED) is 0.785. The zero-order chi connectivity index (χ0) is 11.5.